The lowest BCUT2D eigenvalue weighted by molar-refractivity contribution is -0.159. The zero-order valence-corrected chi connectivity index (χ0v) is 21.9. The van der Waals surface area contributed by atoms with Crippen LogP contribution in [-0.2, 0) is 9.53 Å². The number of carbonyl (C=O) groups is 1. The van der Waals surface area contributed by atoms with Gasteiger partial charge in [-0.05, 0) is 86.7 Å². The van der Waals surface area contributed by atoms with Crippen molar-refractivity contribution in [3.05, 3.63) is 11.6 Å². The highest BCUT2D eigenvalue weighted by molar-refractivity contribution is 5.66. The molecule has 0 aromatic carbocycles. The zero-order valence-electron chi connectivity index (χ0n) is 21.9. The van der Waals surface area contributed by atoms with Crippen molar-refractivity contribution in [1.29, 1.82) is 0 Å². The van der Waals surface area contributed by atoms with Crippen molar-refractivity contribution in [3.63, 3.8) is 0 Å². The quantitative estimate of drug-likeness (QED) is 0.406. The highest BCUT2D eigenvalue weighted by Crippen LogP contribution is 2.52. The predicted octanol–water partition coefficient (Wildman–Crippen LogP) is 5.98. The van der Waals surface area contributed by atoms with Crippen molar-refractivity contribution in [2.24, 2.45) is 35.0 Å². The second kappa shape index (κ2) is 10.0. The maximum absolute atomic E-state index is 11.9. The van der Waals surface area contributed by atoms with Crippen LogP contribution in [-0.4, -0.2) is 47.3 Å². The summed E-state index contributed by atoms with van der Waals surface area (Å²) in [6, 6.07) is 0. The monoisotopic (exact) mass is 459 g/mol. The molecule has 4 aliphatic rings. The van der Waals surface area contributed by atoms with Gasteiger partial charge < -0.3 is 14.7 Å². The molecule has 1 N–H and O–H groups in total. The normalized spacial score (nSPS) is 41.7. The molecule has 1 heterocycles. The van der Waals surface area contributed by atoms with E-state index in [9.17, 15) is 9.90 Å². The summed E-state index contributed by atoms with van der Waals surface area (Å²) in [6.07, 6.45) is 14.7. The van der Waals surface area contributed by atoms with Crippen LogP contribution in [0.3, 0.4) is 0 Å². The number of ether oxygens (including phenoxy) is 1. The maximum atomic E-state index is 11.9. The minimum atomic E-state index is -0.769. The van der Waals surface area contributed by atoms with Crippen LogP contribution in [0.4, 0.5) is 0 Å². The molecule has 4 nitrogen and oxygen atoms in total. The predicted molar refractivity (Wildman–Crippen MR) is 134 cm³/mol. The first kappa shape index (κ1) is 25.2. The summed E-state index contributed by atoms with van der Waals surface area (Å²) in [7, 11) is 0. The van der Waals surface area contributed by atoms with Crippen LogP contribution in [0, 0.1) is 35.0 Å². The van der Waals surface area contributed by atoms with Crippen molar-refractivity contribution in [1.82, 2.24) is 4.90 Å². The van der Waals surface area contributed by atoms with E-state index in [4.69, 9.17) is 4.74 Å². The largest absolute Gasteiger partial charge is 0.458 e. The molecule has 1 saturated heterocycles. The van der Waals surface area contributed by atoms with Crippen LogP contribution < -0.4 is 0 Å². The molecular weight excluding hydrogens is 410 g/mol. The van der Waals surface area contributed by atoms with Crippen molar-refractivity contribution < 1.29 is 14.6 Å². The first-order chi connectivity index (χ1) is 15.6. The van der Waals surface area contributed by atoms with Crippen molar-refractivity contribution in [3.8, 4) is 0 Å². The van der Waals surface area contributed by atoms with Gasteiger partial charge in [-0.3, -0.25) is 4.79 Å². The SMILES string of the molecule is CC(=O)O[C@@H]1C[C@@]2(O)[C@H](C)CC[C@@H]([C@H](C)CN3CCCC(C)(C4CCCCC4)C3)[C@H]2C=C1C. The van der Waals surface area contributed by atoms with E-state index >= 15 is 0 Å². The number of nitrogens with zero attached hydrogens (tertiary/aromatic N) is 1. The molecule has 4 heteroatoms. The van der Waals surface area contributed by atoms with Gasteiger partial charge in [0.05, 0.1) is 5.60 Å². The van der Waals surface area contributed by atoms with Gasteiger partial charge in [0.2, 0.25) is 0 Å². The molecule has 0 aromatic heterocycles. The first-order valence-corrected chi connectivity index (χ1v) is 13.9. The number of likely N-dealkylation sites (tertiary alicyclic amines) is 1. The zero-order chi connectivity index (χ0) is 23.8. The van der Waals surface area contributed by atoms with Gasteiger partial charge in [0.1, 0.15) is 6.10 Å². The van der Waals surface area contributed by atoms with Crippen LogP contribution in [0.25, 0.3) is 0 Å². The molecule has 3 fully saturated rings. The third-order valence-corrected chi connectivity index (χ3v) is 10.3. The number of piperidine rings is 1. The third kappa shape index (κ3) is 5.22. The second-order valence-electron chi connectivity index (χ2n) is 12.7. The topological polar surface area (TPSA) is 49.8 Å². The van der Waals surface area contributed by atoms with Gasteiger partial charge in [0.25, 0.3) is 0 Å². The molecule has 0 radical (unpaired) electrons. The summed E-state index contributed by atoms with van der Waals surface area (Å²) in [5, 5.41) is 11.9. The molecule has 7 atom stereocenters. The summed E-state index contributed by atoms with van der Waals surface area (Å²) in [6.45, 7) is 14.4. The number of aliphatic hydroxyl groups is 1. The summed E-state index contributed by atoms with van der Waals surface area (Å²) >= 11 is 0. The molecule has 3 aliphatic carbocycles. The Morgan fingerprint density at radius 3 is 2.64 bits per heavy atom. The molecular formula is C29H49NO3. The van der Waals surface area contributed by atoms with Gasteiger partial charge in [-0.25, -0.2) is 0 Å². The maximum Gasteiger partial charge on any atom is 0.303 e. The minimum absolute atomic E-state index is 0.164. The standard InChI is InChI=1S/C29H49NO3/c1-20-16-26-25(13-12-22(3)29(26,32)17-27(20)33-23(4)31)21(2)18-30-15-9-14-28(5,19-30)24-10-7-6-8-11-24/h16,21-22,24-27,32H,6-15,17-19H2,1-5H3/t21-,22-,25+,26-,27-,28?,29-/m1/s1. The molecule has 4 rings (SSSR count). The van der Waals surface area contributed by atoms with E-state index in [1.807, 2.05) is 0 Å². The van der Waals surface area contributed by atoms with Gasteiger partial charge >= 0.3 is 5.97 Å². The molecule has 1 aliphatic heterocycles. The van der Waals surface area contributed by atoms with Gasteiger partial charge in [-0.2, -0.15) is 0 Å². The Hall–Kier alpha value is -0.870. The summed E-state index contributed by atoms with van der Waals surface area (Å²) < 4.78 is 5.59. The van der Waals surface area contributed by atoms with Crippen molar-refractivity contribution in [2.45, 2.75) is 111 Å². The van der Waals surface area contributed by atoms with E-state index in [1.54, 1.807) is 0 Å². The fraction of sp³-hybridized carbons (Fsp3) is 0.897. The first-order valence-electron chi connectivity index (χ1n) is 13.9. The van der Waals surface area contributed by atoms with E-state index in [0.29, 0.717) is 23.7 Å². The van der Waals surface area contributed by atoms with Gasteiger partial charge in [0.15, 0.2) is 0 Å². The fourth-order valence-electron chi connectivity index (χ4n) is 8.20. The fourth-order valence-corrected chi connectivity index (χ4v) is 8.20. The smallest absolute Gasteiger partial charge is 0.303 e. The molecule has 188 valence electrons. The molecule has 2 saturated carbocycles. The number of hydrogen-bond donors (Lipinski definition) is 1. The van der Waals surface area contributed by atoms with Gasteiger partial charge in [0, 0.05) is 32.4 Å². The lowest BCUT2D eigenvalue weighted by Crippen LogP contribution is -2.56. The summed E-state index contributed by atoms with van der Waals surface area (Å²) in [5.41, 5.74) is 0.836. The van der Waals surface area contributed by atoms with Crippen LogP contribution >= 0.6 is 0 Å². The average molecular weight is 460 g/mol. The molecule has 0 amide bonds. The summed E-state index contributed by atoms with van der Waals surface area (Å²) in [4.78, 5) is 14.4. The molecule has 33 heavy (non-hydrogen) atoms. The summed E-state index contributed by atoms with van der Waals surface area (Å²) in [5.74, 6) is 2.09. The van der Waals surface area contributed by atoms with E-state index in [-0.39, 0.29) is 23.9 Å². The van der Waals surface area contributed by atoms with E-state index in [2.05, 4.69) is 38.7 Å². The Bertz CT molecular complexity index is 728. The van der Waals surface area contributed by atoms with E-state index < -0.39 is 5.60 Å². The Labute approximate surface area is 202 Å². The lowest BCUT2D eigenvalue weighted by atomic mass is 9.56. The highest BCUT2D eigenvalue weighted by Gasteiger charge is 2.53. The van der Waals surface area contributed by atoms with Crippen LogP contribution in [0.2, 0.25) is 0 Å². The average Bonchev–Trinajstić information content (AvgIpc) is 2.76. The molecule has 0 aromatic rings. The van der Waals surface area contributed by atoms with Crippen LogP contribution in [0.1, 0.15) is 98.8 Å². The molecule has 0 bridgehead atoms. The number of esters is 1. The van der Waals surface area contributed by atoms with Crippen molar-refractivity contribution in [2.75, 3.05) is 19.6 Å². The Kier molecular flexibility index (Phi) is 7.65. The number of fused-ring (bicyclic) bond motifs is 1. The lowest BCUT2D eigenvalue weighted by Gasteiger charge is -2.54. The molecule has 0 spiro atoms. The van der Waals surface area contributed by atoms with Gasteiger partial charge in [-0.1, -0.05) is 46.1 Å². The van der Waals surface area contributed by atoms with E-state index in [0.717, 1.165) is 24.5 Å². The third-order valence-electron chi connectivity index (χ3n) is 10.3. The molecule has 1 unspecified atom stereocenters. The second-order valence-corrected chi connectivity index (χ2v) is 12.7. The number of rotatable bonds is 5. The van der Waals surface area contributed by atoms with E-state index in [1.165, 1.54) is 71.4 Å². The Balaban J connectivity index is 1.46. The minimum Gasteiger partial charge on any atom is -0.458 e. The number of carbonyl (C=O) groups excluding carboxylic acids is 1. The number of hydrogen-bond acceptors (Lipinski definition) is 4. The van der Waals surface area contributed by atoms with Crippen LogP contribution in [0.15, 0.2) is 11.6 Å². The highest BCUT2D eigenvalue weighted by atomic mass is 16.5. The Morgan fingerprint density at radius 1 is 1.21 bits per heavy atom. The van der Waals surface area contributed by atoms with Crippen LogP contribution in [0.5, 0.6) is 0 Å². The Morgan fingerprint density at radius 2 is 1.94 bits per heavy atom. The van der Waals surface area contributed by atoms with Crippen molar-refractivity contribution >= 4 is 5.97 Å². The van der Waals surface area contributed by atoms with Gasteiger partial charge in [-0.15, -0.1) is 0 Å².